The summed E-state index contributed by atoms with van der Waals surface area (Å²) >= 11 is 1.39. The molecule has 0 radical (unpaired) electrons. The lowest BCUT2D eigenvalue weighted by Crippen LogP contribution is -2.29. The second-order valence-corrected chi connectivity index (χ2v) is 6.64. The Morgan fingerprint density at radius 2 is 1.96 bits per heavy atom. The van der Waals surface area contributed by atoms with E-state index in [1.807, 2.05) is 0 Å². The minimum absolute atomic E-state index is 0.147. The molecule has 0 spiro atoms. The zero-order valence-corrected chi connectivity index (χ0v) is 14.1. The van der Waals surface area contributed by atoms with E-state index in [4.69, 9.17) is 10.5 Å². The van der Waals surface area contributed by atoms with Gasteiger partial charge in [-0.3, -0.25) is 9.59 Å². The van der Waals surface area contributed by atoms with Crippen LogP contribution in [0, 0.1) is 0 Å². The highest BCUT2D eigenvalue weighted by atomic mass is 32.1. The number of anilines is 1. The van der Waals surface area contributed by atoms with E-state index in [0.29, 0.717) is 10.6 Å². The number of piperidine rings is 1. The first kappa shape index (κ1) is 16.4. The van der Waals surface area contributed by atoms with E-state index < -0.39 is 5.91 Å². The third-order valence-corrected chi connectivity index (χ3v) is 5.01. The molecule has 1 aliphatic rings. The number of ketones is 1. The number of ether oxygens (including phenoxy) is 1. The number of para-hydroxylation sites is 1. The van der Waals surface area contributed by atoms with Gasteiger partial charge in [-0.25, -0.2) is 4.98 Å². The largest absolute Gasteiger partial charge is 0.485 e. The number of hydrogen-bond acceptors (Lipinski definition) is 6. The van der Waals surface area contributed by atoms with Gasteiger partial charge in [-0.05, 0) is 31.4 Å². The van der Waals surface area contributed by atoms with Gasteiger partial charge >= 0.3 is 0 Å². The number of carbonyl (C=O) groups excluding carboxylic acids is 2. The fourth-order valence-electron chi connectivity index (χ4n) is 2.64. The Kier molecular flexibility index (Phi) is 5.10. The molecule has 1 aromatic heterocycles. The topological polar surface area (TPSA) is 85.5 Å². The molecule has 1 amide bonds. The van der Waals surface area contributed by atoms with Crippen LogP contribution in [0.3, 0.4) is 0 Å². The average Bonchev–Trinajstić information content (AvgIpc) is 3.11. The third-order valence-electron chi connectivity index (χ3n) is 3.91. The zero-order valence-electron chi connectivity index (χ0n) is 13.2. The minimum Gasteiger partial charge on any atom is -0.485 e. The molecule has 2 N–H and O–H groups in total. The summed E-state index contributed by atoms with van der Waals surface area (Å²) in [4.78, 5) is 30.8. The Bertz CT molecular complexity index is 738. The van der Waals surface area contributed by atoms with Crippen molar-refractivity contribution in [2.24, 2.45) is 5.73 Å². The summed E-state index contributed by atoms with van der Waals surface area (Å²) in [5.41, 5.74) is 5.57. The van der Waals surface area contributed by atoms with Gasteiger partial charge in [0, 0.05) is 13.1 Å². The molecule has 126 valence electrons. The van der Waals surface area contributed by atoms with E-state index in [2.05, 4.69) is 9.88 Å². The van der Waals surface area contributed by atoms with Gasteiger partial charge in [0.15, 0.2) is 11.7 Å². The van der Waals surface area contributed by atoms with Gasteiger partial charge in [0.2, 0.25) is 5.78 Å². The molecular formula is C17H19N3O3S. The van der Waals surface area contributed by atoms with Crippen LogP contribution in [-0.4, -0.2) is 36.4 Å². The number of Topliss-reactive ketones (excluding diaryl/α,β-unsaturated/α-hetero) is 1. The van der Waals surface area contributed by atoms with Crippen molar-refractivity contribution in [1.29, 1.82) is 0 Å². The molecule has 2 aromatic rings. The molecule has 0 aliphatic carbocycles. The lowest BCUT2D eigenvalue weighted by molar-refractivity contribution is 0.0915. The number of carbonyl (C=O) groups is 2. The molecule has 7 heteroatoms. The van der Waals surface area contributed by atoms with Gasteiger partial charge in [-0.2, -0.15) is 0 Å². The molecule has 1 fully saturated rings. The fourth-order valence-corrected chi connectivity index (χ4v) is 3.53. The SMILES string of the molecule is NC(=O)c1ccccc1OCC(=O)c1cnc(N2CCCCC2)s1. The van der Waals surface area contributed by atoms with Crippen molar-refractivity contribution < 1.29 is 14.3 Å². The summed E-state index contributed by atoms with van der Waals surface area (Å²) < 4.78 is 5.48. The fraction of sp³-hybridized carbons (Fsp3) is 0.353. The smallest absolute Gasteiger partial charge is 0.252 e. The van der Waals surface area contributed by atoms with Crippen molar-refractivity contribution in [3.05, 3.63) is 40.9 Å². The van der Waals surface area contributed by atoms with Gasteiger partial charge in [-0.15, -0.1) is 0 Å². The maximum atomic E-state index is 12.3. The molecule has 0 bridgehead atoms. The Morgan fingerprint density at radius 3 is 2.71 bits per heavy atom. The summed E-state index contributed by atoms with van der Waals surface area (Å²) in [7, 11) is 0. The summed E-state index contributed by atoms with van der Waals surface area (Å²) in [6.45, 7) is 1.83. The van der Waals surface area contributed by atoms with Crippen LogP contribution in [0.15, 0.2) is 30.5 Å². The molecule has 3 rings (SSSR count). The number of aromatic nitrogens is 1. The number of hydrogen-bond donors (Lipinski definition) is 1. The second-order valence-electron chi connectivity index (χ2n) is 5.63. The molecule has 0 saturated carbocycles. The molecule has 1 aromatic carbocycles. The van der Waals surface area contributed by atoms with Crippen LogP contribution in [0.4, 0.5) is 5.13 Å². The summed E-state index contributed by atoms with van der Waals surface area (Å²) in [5.74, 6) is -0.419. The summed E-state index contributed by atoms with van der Waals surface area (Å²) in [5, 5.41) is 0.885. The van der Waals surface area contributed by atoms with Crippen LogP contribution >= 0.6 is 11.3 Å². The Balaban J connectivity index is 1.63. The van der Waals surface area contributed by atoms with Crippen molar-refractivity contribution in [3.63, 3.8) is 0 Å². The zero-order chi connectivity index (χ0) is 16.9. The first-order valence-corrected chi connectivity index (χ1v) is 8.72. The lowest BCUT2D eigenvalue weighted by atomic mass is 10.1. The molecule has 1 aliphatic heterocycles. The van der Waals surface area contributed by atoms with Crippen molar-refractivity contribution in [2.75, 3.05) is 24.6 Å². The molecule has 24 heavy (non-hydrogen) atoms. The maximum Gasteiger partial charge on any atom is 0.252 e. The van der Waals surface area contributed by atoms with Gasteiger partial charge in [0.25, 0.3) is 5.91 Å². The van der Waals surface area contributed by atoms with E-state index >= 15 is 0 Å². The van der Waals surface area contributed by atoms with Gasteiger partial charge < -0.3 is 15.4 Å². The van der Waals surface area contributed by atoms with E-state index in [1.54, 1.807) is 30.5 Å². The highest BCUT2D eigenvalue weighted by molar-refractivity contribution is 7.17. The van der Waals surface area contributed by atoms with Crippen LogP contribution < -0.4 is 15.4 Å². The molecule has 0 unspecified atom stereocenters. The Morgan fingerprint density at radius 1 is 1.21 bits per heavy atom. The second kappa shape index (κ2) is 7.44. The first-order chi connectivity index (χ1) is 11.6. The van der Waals surface area contributed by atoms with Crippen LogP contribution in [-0.2, 0) is 0 Å². The quantitative estimate of drug-likeness (QED) is 0.813. The summed E-state index contributed by atoms with van der Waals surface area (Å²) in [6.07, 6.45) is 5.17. The van der Waals surface area contributed by atoms with Crippen molar-refractivity contribution in [1.82, 2.24) is 4.98 Å². The maximum absolute atomic E-state index is 12.3. The van der Waals surface area contributed by atoms with Gasteiger partial charge in [0.1, 0.15) is 5.75 Å². The number of amides is 1. The van der Waals surface area contributed by atoms with E-state index in [0.717, 1.165) is 31.1 Å². The number of benzene rings is 1. The average molecular weight is 345 g/mol. The Labute approximate surface area is 144 Å². The molecule has 1 saturated heterocycles. The summed E-state index contributed by atoms with van der Waals surface area (Å²) in [6, 6.07) is 6.62. The molecule has 0 atom stereocenters. The number of primary amides is 1. The standard InChI is InChI=1S/C17H19N3O3S/c18-16(22)12-6-2-3-7-14(12)23-11-13(21)15-10-19-17(24-15)20-8-4-1-5-9-20/h2-3,6-7,10H,1,4-5,8-9,11H2,(H2,18,22). The molecular weight excluding hydrogens is 326 g/mol. The highest BCUT2D eigenvalue weighted by Crippen LogP contribution is 2.26. The lowest BCUT2D eigenvalue weighted by Gasteiger charge is -2.25. The van der Waals surface area contributed by atoms with Crippen LogP contribution in [0.5, 0.6) is 5.75 Å². The van der Waals surface area contributed by atoms with Crippen LogP contribution in [0.2, 0.25) is 0 Å². The van der Waals surface area contributed by atoms with Crippen molar-refractivity contribution >= 4 is 28.2 Å². The number of nitrogens with two attached hydrogens (primary N) is 1. The van der Waals surface area contributed by atoms with Crippen LogP contribution in [0.1, 0.15) is 39.3 Å². The van der Waals surface area contributed by atoms with Crippen LogP contribution in [0.25, 0.3) is 0 Å². The van der Waals surface area contributed by atoms with E-state index in [1.165, 1.54) is 17.8 Å². The Hall–Kier alpha value is -2.41. The number of rotatable bonds is 6. The third kappa shape index (κ3) is 3.73. The first-order valence-electron chi connectivity index (χ1n) is 7.91. The monoisotopic (exact) mass is 345 g/mol. The number of thiazole rings is 1. The van der Waals surface area contributed by atoms with Crippen molar-refractivity contribution in [3.8, 4) is 5.75 Å². The predicted octanol–water partition coefficient (Wildman–Crippen LogP) is 2.49. The predicted molar refractivity (Wildman–Crippen MR) is 93.0 cm³/mol. The van der Waals surface area contributed by atoms with E-state index in [-0.39, 0.29) is 18.0 Å². The highest BCUT2D eigenvalue weighted by Gasteiger charge is 2.18. The van der Waals surface area contributed by atoms with Crippen molar-refractivity contribution in [2.45, 2.75) is 19.3 Å². The minimum atomic E-state index is -0.580. The van der Waals surface area contributed by atoms with Gasteiger partial charge in [0.05, 0.1) is 16.6 Å². The molecule has 2 heterocycles. The number of nitrogens with zero attached hydrogens (tertiary/aromatic N) is 2. The van der Waals surface area contributed by atoms with Gasteiger partial charge in [-0.1, -0.05) is 23.5 Å². The normalized spacial score (nSPS) is 14.4. The van der Waals surface area contributed by atoms with E-state index in [9.17, 15) is 9.59 Å². The molecule has 6 nitrogen and oxygen atoms in total.